The molecule has 4 rings (SSSR count). The molecular formula is C25H20N4O. The Bertz CT molecular complexity index is 1190. The monoisotopic (exact) mass is 392 g/mol. The summed E-state index contributed by atoms with van der Waals surface area (Å²) in [5.74, 6) is 6.23. The van der Waals surface area contributed by atoms with Crippen LogP contribution in [-0.2, 0) is 6.54 Å². The Morgan fingerprint density at radius 3 is 2.37 bits per heavy atom. The molecular weight excluding hydrogens is 372 g/mol. The van der Waals surface area contributed by atoms with Crippen molar-refractivity contribution in [3.05, 3.63) is 114 Å². The summed E-state index contributed by atoms with van der Waals surface area (Å²) in [5.41, 5.74) is 4.36. The molecule has 5 nitrogen and oxygen atoms in total. The van der Waals surface area contributed by atoms with E-state index in [1.165, 1.54) is 0 Å². The lowest BCUT2D eigenvalue weighted by Gasteiger charge is -2.07. The summed E-state index contributed by atoms with van der Waals surface area (Å²) < 4.78 is 1.78. The zero-order chi connectivity index (χ0) is 20.6. The Kier molecular flexibility index (Phi) is 5.88. The number of para-hydroxylation sites is 1. The highest BCUT2D eigenvalue weighted by Crippen LogP contribution is 2.11. The topological polar surface area (TPSA) is 59.0 Å². The van der Waals surface area contributed by atoms with E-state index in [2.05, 4.69) is 27.6 Å². The number of nitrogens with zero attached hydrogens (tertiary/aromatic N) is 2. The number of nitrogens with one attached hydrogen (secondary N) is 2. The molecule has 4 aromatic rings. The van der Waals surface area contributed by atoms with Crippen LogP contribution in [0.25, 0.3) is 5.69 Å². The maximum absolute atomic E-state index is 12.3. The number of amides is 2. The molecule has 146 valence electrons. The van der Waals surface area contributed by atoms with Crippen LogP contribution in [0.2, 0.25) is 0 Å². The number of aromatic nitrogens is 2. The zero-order valence-corrected chi connectivity index (χ0v) is 16.2. The predicted octanol–water partition coefficient (Wildman–Crippen LogP) is 4.59. The van der Waals surface area contributed by atoms with E-state index in [0.717, 1.165) is 22.4 Å². The van der Waals surface area contributed by atoms with Crippen LogP contribution >= 0.6 is 0 Å². The van der Waals surface area contributed by atoms with Crippen molar-refractivity contribution >= 4 is 11.7 Å². The fraction of sp³-hybridized carbons (Fsp3) is 0.0400. The van der Waals surface area contributed by atoms with Gasteiger partial charge in [0.05, 0.1) is 11.9 Å². The van der Waals surface area contributed by atoms with Gasteiger partial charge in [-0.2, -0.15) is 5.10 Å². The van der Waals surface area contributed by atoms with Crippen LogP contribution in [0.15, 0.2) is 97.3 Å². The normalized spacial score (nSPS) is 10.0. The second-order valence-electron chi connectivity index (χ2n) is 6.63. The van der Waals surface area contributed by atoms with Gasteiger partial charge in [0.1, 0.15) is 0 Å². The van der Waals surface area contributed by atoms with Gasteiger partial charge in [-0.3, -0.25) is 0 Å². The third-order valence-electron chi connectivity index (χ3n) is 4.36. The van der Waals surface area contributed by atoms with E-state index >= 15 is 0 Å². The smallest absolute Gasteiger partial charge is 0.319 e. The average Bonchev–Trinajstić information content (AvgIpc) is 3.27. The quantitative estimate of drug-likeness (QED) is 0.499. The Morgan fingerprint density at radius 1 is 0.867 bits per heavy atom. The summed E-state index contributed by atoms with van der Waals surface area (Å²) in [7, 11) is 0. The van der Waals surface area contributed by atoms with Gasteiger partial charge >= 0.3 is 6.03 Å². The second-order valence-corrected chi connectivity index (χ2v) is 6.63. The van der Waals surface area contributed by atoms with Crippen molar-refractivity contribution in [3.63, 3.8) is 0 Å². The van der Waals surface area contributed by atoms with Crippen LogP contribution in [0.3, 0.4) is 0 Å². The molecule has 2 N–H and O–H groups in total. The molecule has 0 fully saturated rings. The predicted molar refractivity (Wildman–Crippen MR) is 118 cm³/mol. The van der Waals surface area contributed by atoms with Crippen LogP contribution in [0.1, 0.15) is 16.7 Å². The minimum absolute atomic E-state index is 0.282. The second kappa shape index (κ2) is 9.26. The van der Waals surface area contributed by atoms with E-state index in [1.807, 2.05) is 91.1 Å². The minimum atomic E-state index is -0.282. The lowest BCUT2D eigenvalue weighted by molar-refractivity contribution is 0.251. The summed E-state index contributed by atoms with van der Waals surface area (Å²) in [6, 6.07) is 26.8. The van der Waals surface area contributed by atoms with Crippen molar-refractivity contribution in [2.75, 3.05) is 5.32 Å². The molecule has 30 heavy (non-hydrogen) atoms. The first-order chi connectivity index (χ1) is 14.8. The van der Waals surface area contributed by atoms with Gasteiger partial charge in [-0.25, -0.2) is 9.48 Å². The van der Waals surface area contributed by atoms with Crippen molar-refractivity contribution in [2.45, 2.75) is 6.54 Å². The van der Waals surface area contributed by atoms with Crippen molar-refractivity contribution in [1.29, 1.82) is 0 Å². The molecule has 0 spiro atoms. The van der Waals surface area contributed by atoms with E-state index in [0.29, 0.717) is 12.2 Å². The number of anilines is 1. The lowest BCUT2D eigenvalue weighted by atomic mass is 10.1. The third kappa shape index (κ3) is 5.15. The van der Waals surface area contributed by atoms with Crippen LogP contribution in [0.4, 0.5) is 10.5 Å². The highest BCUT2D eigenvalue weighted by atomic mass is 16.2. The molecule has 1 heterocycles. The van der Waals surface area contributed by atoms with Gasteiger partial charge in [0, 0.05) is 35.1 Å². The maximum atomic E-state index is 12.3. The molecule has 0 saturated carbocycles. The molecule has 0 unspecified atom stereocenters. The summed E-state index contributed by atoms with van der Waals surface area (Å²) in [4.78, 5) is 12.3. The van der Waals surface area contributed by atoms with Crippen LogP contribution < -0.4 is 10.6 Å². The van der Waals surface area contributed by atoms with E-state index in [9.17, 15) is 4.79 Å². The molecule has 0 aliphatic rings. The van der Waals surface area contributed by atoms with Crippen LogP contribution in [-0.4, -0.2) is 15.8 Å². The first kappa shape index (κ1) is 19.0. The number of hydrogen-bond donors (Lipinski definition) is 2. The molecule has 5 heteroatoms. The number of hydrogen-bond acceptors (Lipinski definition) is 2. The van der Waals surface area contributed by atoms with Gasteiger partial charge in [-0.1, -0.05) is 54.3 Å². The van der Waals surface area contributed by atoms with Crippen molar-refractivity contribution in [1.82, 2.24) is 15.1 Å². The molecule has 3 aromatic carbocycles. The first-order valence-electron chi connectivity index (χ1n) is 9.57. The summed E-state index contributed by atoms with van der Waals surface area (Å²) in [6.45, 7) is 0.381. The highest BCUT2D eigenvalue weighted by molar-refractivity contribution is 5.89. The fourth-order valence-corrected chi connectivity index (χ4v) is 2.87. The van der Waals surface area contributed by atoms with E-state index < -0.39 is 0 Å². The number of carbonyl (C=O) groups is 1. The summed E-state index contributed by atoms with van der Waals surface area (Å²) in [6.07, 6.45) is 3.64. The minimum Gasteiger partial charge on any atom is -0.334 e. The Labute approximate surface area is 175 Å². The largest absolute Gasteiger partial charge is 0.334 e. The van der Waals surface area contributed by atoms with Crippen molar-refractivity contribution in [3.8, 4) is 17.5 Å². The summed E-state index contributed by atoms with van der Waals surface area (Å²) in [5, 5.41) is 10.0. The average molecular weight is 392 g/mol. The standard InChI is InChI=1S/C25H20N4O/c30-25(26-17-22-18-27-29(19-22)24-12-5-2-6-13-24)28-23-11-7-10-21(16-23)15-14-20-8-3-1-4-9-20/h1-13,16,18-19H,17H2,(H2,26,28,30). The number of carbonyl (C=O) groups excluding carboxylic acids is 1. The van der Waals surface area contributed by atoms with E-state index in [-0.39, 0.29) is 6.03 Å². The number of rotatable bonds is 4. The molecule has 0 atom stereocenters. The molecule has 1 aromatic heterocycles. The fourth-order valence-electron chi connectivity index (χ4n) is 2.87. The molecule has 0 bridgehead atoms. The number of urea groups is 1. The maximum Gasteiger partial charge on any atom is 0.319 e. The van der Waals surface area contributed by atoms with Crippen LogP contribution in [0, 0.1) is 11.8 Å². The van der Waals surface area contributed by atoms with Gasteiger partial charge in [-0.15, -0.1) is 0 Å². The number of benzene rings is 3. The SMILES string of the molecule is O=C(NCc1cnn(-c2ccccc2)c1)Nc1cccc(C#Cc2ccccc2)c1. The Hall–Kier alpha value is -4.30. The van der Waals surface area contributed by atoms with Gasteiger partial charge < -0.3 is 10.6 Å². The first-order valence-corrected chi connectivity index (χ1v) is 9.57. The Balaban J connectivity index is 1.34. The van der Waals surface area contributed by atoms with E-state index in [4.69, 9.17) is 0 Å². The Morgan fingerprint density at radius 2 is 1.57 bits per heavy atom. The highest BCUT2D eigenvalue weighted by Gasteiger charge is 2.05. The molecule has 0 aliphatic heterocycles. The van der Waals surface area contributed by atoms with Crippen molar-refractivity contribution in [2.24, 2.45) is 0 Å². The molecule has 0 aliphatic carbocycles. The molecule has 0 saturated heterocycles. The third-order valence-corrected chi connectivity index (χ3v) is 4.36. The molecule has 2 amide bonds. The zero-order valence-electron chi connectivity index (χ0n) is 16.2. The van der Waals surface area contributed by atoms with E-state index in [1.54, 1.807) is 10.9 Å². The van der Waals surface area contributed by atoms with Gasteiger partial charge in [0.2, 0.25) is 0 Å². The molecule has 0 radical (unpaired) electrons. The van der Waals surface area contributed by atoms with Gasteiger partial charge in [-0.05, 0) is 42.5 Å². The summed E-state index contributed by atoms with van der Waals surface area (Å²) >= 11 is 0. The van der Waals surface area contributed by atoms with Crippen LogP contribution in [0.5, 0.6) is 0 Å². The lowest BCUT2D eigenvalue weighted by Crippen LogP contribution is -2.28. The van der Waals surface area contributed by atoms with Crippen molar-refractivity contribution < 1.29 is 4.79 Å². The van der Waals surface area contributed by atoms with Gasteiger partial charge in [0.15, 0.2) is 0 Å². The van der Waals surface area contributed by atoms with Gasteiger partial charge in [0.25, 0.3) is 0 Å².